The molecule has 0 aromatic rings. The normalized spacial score (nSPS) is 30.2. The van der Waals surface area contributed by atoms with Crippen molar-refractivity contribution in [2.45, 2.75) is 38.8 Å². The molecule has 1 aliphatic rings. The molecule has 0 bridgehead atoms. The first kappa shape index (κ1) is 12.0. The van der Waals surface area contributed by atoms with Gasteiger partial charge < -0.3 is 15.4 Å². The van der Waals surface area contributed by atoms with E-state index in [1.54, 1.807) is 7.11 Å². The van der Waals surface area contributed by atoms with Crippen LogP contribution in [0.3, 0.4) is 0 Å². The Hall–Kier alpha value is -0.120. The van der Waals surface area contributed by atoms with E-state index in [9.17, 15) is 0 Å². The molecule has 0 radical (unpaired) electrons. The maximum absolute atomic E-state index is 5.18. The maximum Gasteiger partial charge on any atom is 0.0667 e. The van der Waals surface area contributed by atoms with Crippen LogP contribution in [0.5, 0.6) is 0 Å². The minimum atomic E-state index is 0.314. The van der Waals surface area contributed by atoms with Gasteiger partial charge in [-0.05, 0) is 32.2 Å². The van der Waals surface area contributed by atoms with Crippen molar-refractivity contribution in [1.29, 1.82) is 0 Å². The molecule has 3 unspecified atom stereocenters. The highest BCUT2D eigenvalue weighted by atomic mass is 16.5. The fourth-order valence-electron chi connectivity index (χ4n) is 1.91. The lowest BCUT2D eigenvalue weighted by Crippen LogP contribution is -2.47. The van der Waals surface area contributed by atoms with Crippen LogP contribution in [-0.4, -0.2) is 38.9 Å². The Morgan fingerprint density at radius 1 is 1.57 bits per heavy atom. The highest BCUT2D eigenvalue weighted by molar-refractivity contribution is 4.80. The number of hydrogen-bond acceptors (Lipinski definition) is 3. The van der Waals surface area contributed by atoms with E-state index in [0.717, 1.165) is 19.0 Å². The lowest BCUT2D eigenvalue weighted by molar-refractivity contribution is 0.115. The van der Waals surface area contributed by atoms with Crippen LogP contribution in [0.1, 0.15) is 26.7 Å². The van der Waals surface area contributed by atoms with Crippen LogP contribution in [0.4, 0.5) is 0 Å². The molecule has 1 rings (SSSR count). The Balaban J connectivity index is 2.10. The summed E-state index contributed by atoms with van der Waals surface area (Å²) in [6.07, 6.45) is 3.00. The number of methoxy groups -OCH3 is 1. The smallest absolute Gasteiger partial charge is 0.0667 e. The summed E-state index contributed by atoms with van der Waals surface area (Å²) in [4.78, 5) is 0. The van der Waals surface area contributed by atoms with Gasteiger partial charge in [0, 0.05) is 26.2 Å². The molecule has 1 aliphatic heterocycles. The average molecular weight is 200 g/mol. The Morgan fingerprint density at radius 3 is 3.00 bits per heavy atom. The highest BCUT2D eigenvalue weighted by Crippen LogP contribution is 2.14. The van der Waals surface area contributed by atoms with Gasteiger partial charge in [0.2, 0.25) is 0 Å². The van der Waals surface area contributed by atoms with Crippen molar-refractivity contribution in [1.82, 2.24) is 10.6 Å². The van der Waals surface area contributed by atoms with Gasteiger partial charge >= 0.3 is 0 Å². The van der Waals surface area contributed by atoms with Gasteiger partial charge in [0.05, 0.1) is 6.10 Å². The summed E-state index contributed by atoms with van der Waals surface area (Å²) in [6.45, 7) is 7.61. The summed E-state index contributed by atoms with van der Waals surface area (Å²) in [5.74, 6) is 0.800. The van der Waals surface area contributed by atoms with Crippen LogP contribution in [0.25, 0.3) is 0 Å². The molecule has 84 valence electrons. The van der Waals surface area contributed by atoms with Crippen molar-refractivity contribution in [3.8, 4) is 0 Å². The van der Waals surface area contributed by atoms with Crippen molar-refractivity contribution < 1.29 is 4.74 Å². The molecule has 0 amide bonds. The predicted molar refractivity (Wildman–Crippen MR) is 59.5 cm³/mol. The molecule has 0 spiro atoms. The van der Waals surface area contributed by atoms with Gasteiger partial charge in [-0.25, -0.2) is 0 Å². The maximum atomic E-state index is 5.18. The summed E-state index contributed by atoms with van der Waals surface area (Å²) < 4.78 is 5.18. The van der Waals surface area contributed by atoms with Crippen LogP contribution in [-0.2, 0) is 4.74 Å². The zero-order valence-corrected chi connectivity index (χ0v) is 9.68. The fourth-order valence-corrected chi connectivity index (χ4v) is 1.91. The Labute approximate surface area is 87.6 Å². The summed E-state index contributed by atoms with van der Waals surface area (Å²) >= 11 is 0. The number of ether oxygens (including phenoxy) is 1. The van der Waals surface area contributed by atoms with Crippen LogP contribution in [0.2, 0.25) is 0 Å². The van der Waals surface area contributed by atoms with Crippen LogP contribution in [0.15, 0.2) is 0 Å². The van der Waals surface area contributed by atoms with E-state index in [4.69, 9.17) is 4.74 Å². The first-order chi connectivity index (χ1) is 6.74. The molecule has 1 saturated heterocycles. The van der Waals surface area contributed by atoms with E-state index < -0.39 is 0 Å². The van der Waals surface area contributed by atoms with Crippen molar-refractivity contribution in [3.05, 3.63) is 0 Å². The molecular weight excluding hydrogens is 176 g/mol. The highest BCUT2D eigenvalue weighted by Gasteiger charge is 2.19. The minimum Gasteiger partial charge on any atom is -0.380 e. The molecule has 0 saturated carbocycles. The van der Waals surface area contributed by atoms with Gasteiger partial charge in [-0.15, -0.1) is 0 Å². The van der Waals surface area contributed by atoms with Gasteiger partial charge in [-0.1, -0.05) is 6.92 Å². The first-order valence-corrected chi connectivity index (χ1v) is 5.71. The Morgan fingerprint density at radius 2 is 2.36 bits per heavy atom. The Kier molecular flexibility index (Phi) is 5.45. The second-order valence-corrected chi connectivity index (χ2v) is 4.38. The lowest BCUT2D eigenvalue weighted by Gasteiger charge is -2.30. The molecule has 2 N–H and O–H groups in total. The largest absolute Gasteiger partial charge is 0.380 e. The third-order valence-corrected chi connectivity index (χ3v) is 3.13. The summed E-state index contributed by atoms with van der Waals surface area (Å²) in [6, 6.07) is 0.646. The minimum absolute atomic E-state index is 0.314. The summed E-state index contributed by atoms with van der Waals surface area (Å²) in [5, 5.41) is 7.01. The molecule has 0 aromatic heterocycles. The lowest BCUT2D eigenvalue weighted by atomic mass is 9.93. The molecule has 3 atom stereocenters. The van der Waals surface area contributed by atoms with Gasteiger partial charge in [0.1, 0.15) is 0 Å². The van der Waals surface area contributed by atoms with Crippen LogP contribution in [0, 0.1) is 5.92 Å². The monoisotopic (exact) mass is 200 g/mol. The quantitative estimate of drug-likeness (QED) is 0.694. The van der Waals surface area contributed by atoms with E-state index in [1.807, 2.05) is 0 Å². The molecule has 14 heavy (non-hydrogen) atoms. The van der Waals surface area contributed by atoms with Gasteiger partial charge in [0.15, 0.2) is 0 Å². The third-order valence-electron chi connectivity index (χ3n) is 3.13. The van der Waals surface area contributed by atoms with Crippen molar-refractivity contribution >= 4 is 0 Å². The van der Waals surface area contributed by atoms with Crippen molar-refractivity contribution in [2.75, 3.05) is 26.7 Å². The van der Waals surface area contributed by atoms with E-state index in [-0.39, 0.29) is 0 Å². The molecule has 1 fully saturated rings. The number of nitrogens with one attached hydrogen (secondary N) is 2. The molecule has 1 heterocycles. The SMILES string of the molecule is COC(C)CNCC1NCCCC1C. The topological polar surface area (TPSA) is 33.3 Å². The predicted octanol–water partition coefficient (Wildman–Crippen LogP) is 0.999. The first-order valence-electron chi connectivity index (χ1n) is 5.71. The third kappa shape index (κ3) is 3.95. The number of rotatable bonds is 5. The standard InChI is InChI=1S/C11H24N2O/c1-9-5-4-6-13-11(9)8-12-7-10(2)14-3/h9-13H,4-8H2,1-3H3. The second kappa shape index (κ2) is 6.38. The fraction of sp³-hybridized carbons (Fsp3) is 1.00. The Bertz CT molecular complexity index is 152. The second-order valence-electron chi connectivity index (χ2n) is 4.38. The van der Waals surface area contributed by atoms with E-state index in [2.05, 4.69) is 24.5 Å². The van der Waals surface area contributed by atoms with Crippen LogP contribution < -0.4 is 10.6 Å². The zero-order chi connectivity index (χ0) is 10.4. The van der Waals surface area contributed by atoms with Gasteiger partial charge in [-0.3, -0.25) is 0 Å². The molecule has 3 nitrogen and oxygen atoms in total. The average Bonchev–Trinajstić information content (AvgIpc) is 2.20. The molecule has 0 aromatic carbocycles. The molecule has 0 aliphatic carbocycles. The molecular formula is C11H24N2O. The van der Waals surface area contributed by atoms with Gasteiger partial charge in [0.25, 0.3) is 0 Å². The molecule has 3 heteroatoms. The summed E-state index contributed by atoms with van der Waals surface area (Å²) in [5.41, 5.74) is 0. The summed E-state index contributed by atoms with van der Waals surface area (Å²) in [7, 11) is 1.76. The van der Waals surface area contributed by atoms with Crippen LogP contribution >= 0.6 is 0 Å². The number of piperidine rings is 1. The van der Waals surface area contributed by atoms with E-state index >= 15 is 0 Å². The van der Waals surface area contributed by atoms with Crippen molar-refractivity contribution in [3.63, 3.8) is 0 Å². The number of hydrogen-bond donors (Lipinski definition) is 2. The zero-order valence-electron chi connectivity index (χ0n) is 9.68. The van der Waals surface area contributed by atoms with Crippen molar-refractivity contribution in [2.24, 2.45) is 5.92 Å². The van der Waals surface area contributed by atoms with Gasteiger partial charge in [-0.2, -0.15) is 0 Å². The van der Waals surface area contributed by atoms with E-state index in [0.29, 0.717) is 12.1 Å². The van der Waals surface area contributed by atoms with E-state index in [1.165, 1.54) is 19.4 Å².